The van der Waals surface area contributed by atoms with Crippen molar-refractivity contribution in [3.63, 3.8) is 0 Å². The number of hydrogen-bond acceptors (Lipinski definition) is 20. The summed E-state index contributed by atoms with van der Waals surface area (Å²) < 4.78 is 51.0. The van der Waals surface area contributed by atoms with Crippen molar-refractivity contribution in [1.82, 2.24) is 30.7 Å². The molecule has 0 unspecified atom stereocenters. The van der Waals surface area contributed by atoms with Crippen molar-refractivity contribution >= 4 is 93.9 Å². The molecule has 9 rings (SSSR count). The normalized spacial score (nSPS) is 16.4. The number of carboxylic acid groups (broad SMARTS) is 1. The summed E-state index contributed by atoms with van der Waals surface area (Å²) in [5.74, 6) is -2.83. The molecule has 0 saturated carbocycles. The smallest absolute Gasteiger partial charge is 0.303 e. The second-order valence-electron chi connectivity index (χ2n) is 23.5. The van der Waals surface area contributed by atoms with Crippen LogP contribution in [-0.4, -0.2) is 210 Å². The van der Waals surface area contributed by atoms with Gasteiger partial charge in [-0.15, -0.1) is 0 Å². The number of carbonyl (C=O) groups is 9. The molecule has 4 atom stereocenters. The molecule has 0 bridgehead atoms. The molecule has 5 N–H and O–H groups in total. The van der Waals surface area contributed by atoms with Crippen molar-refractivity contribution in [3.05, 3.63) is 120 Å². The molecular formula is C70H81N9O19. The van der Waals surface area contributed by atoms with Crippen LogP contribution < -0.4 is 45.0 Å². The van der Waals surface area contributed by atoms with Gasteiger partial charge in [-0.3, -0.25) is 58.0 Å². The predicted octanol–water partition coefficient (Wildman–Crippen LogP) is 5.82. The number of hydrogen-bond donors (Lipinski definition) is 5. The number of amides is 8. The third-order valence-electron chi connectivity index (χ3n) is 16.4. The molecule has 28 heteroatoms. The van der Waals surface area contributed by atoms with Gasteiger partial charge >= 0.3 is 5.97 Å². The lowest BCUT2D eigenvalue weighted by atomic mass is 10.0. The summed E-state index contributed by atoms with van der Waals surface area (Å²) in [5.41, 5.74) is 5.53. The molecular weight excluding hydrogens is 1270 g/mol. The molecule has 0 fully saturated rings. The van der Waals surface area contributed by atoms with Gasteiger partial charge in [0.05, 0.1) is 122 Å². The average Bonchev–Trinajstić information content (AvgIpc) is 1.62. The third kappa shape index (κ3) is 19.3. The Morgan fingerprint density at radius 2 is 1.08 bits per heavy atom. The standard InChI is InChI=1S/C70H81N9O19/c1-43(2)66(76-62(81)20-25-93-27-29-95-31-32-96-30-28-94-26-21-71-61(80)19-22-77-63(82)16-17-64(77)83)68(87)75-54(15-18-65(84)85)67(86)74-48-11-7-44(8-12-48)46-33-49-39-72-55-37-59(57(91-4)35-52(55)69(88)78(49)41-46)97-23-6-24-98-60-38-56-53(36-58(60)92-5)70(89)79-42-47(34-50(79)40-73-56)45-9-13-51(90-3)14-10-45/h7-14,16-17,35-43,49-50,54,66H,6,15,18-34H2,1-5H3,(H,71,80)(H,74,86)(H,75,87)(H,76,81)(H,84,85)/t49-,50-,54-,66-/m0/s1. The topological polar surface area (TPSA) is 339 Å². The van der Waals surface area contributed by atoms with E-state index in [-0.39, 0.29) is 109 Å². The highest BCUT2D eigenvalue weighted by Crippen LogP contribution is 2.42. The van der Waals surface area contributed by atoms with Crippen molar-refractivity contribution in [2.75, 3.05) is 106 Å². The number of fused-ring (bicyclic) bond motifs is 4. The van der Waals surface area contributed by atoms with Crippen molar-refractivity contribution < 1.29 is 90.9 Å². The maximum atomic E-state index is 14.2. The SMILES string of the molecule is COc1ccc(C2=CN3C(=O)c4cc(OC)c(OCCCOc5cc6c(cc5OC)C(=O)N5C=C(c7ccc(NC(=O)[C@H](CCC(=O)O)NC(=O)[C@@H](NC(=O)CCOCCOCCOCCOCCNC(=O)CCN8C(=O)C=CC8=O)C(C)C)cc7)C[C@H]5C=N6)cc4N=C[C@@H]3C2)cc1. The number of nitrogens with zero attached hydrogens (tertiary/aromatic N) is 5. The van der Waals surface area contributed by atoms with E-state index < -0.39 is 66.0 Å². The number of aliphatic carboxylic acids is 1. The molecule has 0 spiro atoms. The van der Waals surface area contributed by atoms with Gasteiger partial charge in [0.2, 0.25) is 23.6 Å². The molecule has 28 nitrogen and oxygen atoms in total. The van der Waals surface area contributed by atoms with Crippen LogP contribution in [0.1, 0.15) is 90.6 Å². The van der Waals surface area contributed by atoms with Crippen LogP contribution in [0.15, 0.2) is 107 Å². The Morgan fingerprint density at radius 3 is 1.58 bits per heavy atom. The van der Waals surface area contributed by atoms with Gasteiger partial charge < -0.3 is 78.8 Å². The van der Waals surface area contributed by atoms with Crippen LogP contribution in [0, 0.1) is 5.92 Å². The number of rotatable bonds is 38. The summed E-state index contributed by atoms with van der Waals surface area (Å²) in [6, 6.07) is 18.2. The fraction of sp³-hybridized carbons (Fsp3) is 0.414. The maximum Gasteiger partial charge on any atom is 0.303 e. The lowest BCUT2D eigenvalue weighted by Gasteiger charge is -2.25. The number of carboxylic acids is 1. The maximum absolute atomic E-state index is 14.2. The highest BCUT2D eigenvalue weighted by molar-refractivity contribution is 6.13. The highest BCUT2D eigenvalue weighted by Gasteiger charge is 2.36. The van der Waals surface area contributed by atoms with Crippen LogP contribution >= 0.6 is 0 Å². The van der Waals surface area contributed by atoms with E-state index in [0.29, 0.717) is 83.7 Å². The number of benzene rings is 4. The van der Waals surface area contributed by atoms with Crippen molar-refractivity contribution in [2.45, 2.75) is 83.0 Å². The lowest BCUT2D eigenvalue weighted by Crippen LogP contribution is -2.54. The lowest BCUT2D eigenvalue weighted by molar-refractivity contribution is -0.139. The number of imide groups is 1. The zero-order valence-electron chi connectivity index (χ0n) is 55.2. The van der Waals surface area contributed by atoms with Gasteiger partial charge in [-0.1, -0.05) is 38.1 Å². The second kappa shape index (κ2) is 35.1. The summed E-state index contributed by atoms with van der Waals surface area (Å²) in [5, 5.41) is 20.3. The summed E-state index contributed by atoms with van der Waals surface area (Å²) in [7, 11) is 4.61. The van der Waals surface area contributed by atoms with E-state index in [1.165, 1.54) is 26.4 Å². The number of anilines is 1. The summed E-state index contributed by atoms with van der Waals surface area (Å²) in [4.78, 5) is 129. The average molecular weight is 1350 g/mol. The van der Waals surface area contributed by atoms with Gasteiger partial charge in [0.1, 0.15) is 17.8 Å². The minimum atomic E-state index is -1.27. The molecule has 5 aliphatic rings. The second-order valence-corrected chi connectivity index (χ2v) is 23.5. The van der Waals surface area contributed by atoms with Gasteiger partial charge in [0, 0.05) is 106 Å². The molecule has 0 aromatic heterocycles. The highest BCUT2D eigenvalue weighted by atomic mass is 16.6. The van der Waals surface area contributed by atoms with E-state index in [0.717, 1.165) is 32.9 Å². The number of methoxy groups -OCH3 is 3. The van der Waals surface area contributed by atoms with Crippen LogP contribution in [-0.2, 0) is 52.5 Å². The zero-order valence-corrected chi connectivity index (χ0v) is 55.2. The Balaban J connectivity index is 0.678. The van der Waals surface area contributed by atoms with Gasteiger partial charge in [0.25, 0.3) is 23.6 Å². The summed E-state index contributed by atoms with van der Waals surface area (Å²) in [6.45, 7) is 6.02. The van der Waals surface area contributed by atoms with Gasteiger partial charge in [-0.2, -0.15) is 0 Å². The summed E-state index contributed by atoms with van der Waals surface area (Å²) in [6.07, 6.45) is 10.2. The fourth-order valence-electron chi connectivity index (χ4n) is 11.1. The number of ether oxygens (including phenoxy) is 9. The zero-order chi connectivity index (χ0) is 69.7. The molecule has 0 radical (unpaired) electrons. The molecule has 0 saturated heterocycles. The van der Waals surface area contributed by atoms with E-state index in [4.69, 9.17) is 52.6 Å². The summed E-state index contributed by atoms with van der Waals surface area (Å²) >= 11 is 0. The monoisotopic (exact) mass is 1350 g/mol. The van der Waals surface area contributed by atoms with Gasteiger partial charge in [0.15, 0.2) is 23.0 Å². The van der Waals surface area contributed by atoms with E-state index in [1.54, 1.807) is 97.9 Å². The van der Waals surface area contributed by atoms with Gasteiger partial charge in [-0.25, -0.2) is 0 Å². The Kier molecular flexibility index (Phi) is 25.8. The first-order chi connectivity index (χ1) is 47.4. The Bertz CT molecular complexity index is 3720. The number of carbonyl (C=O) groups excluding carboxylic acids is 8. The van der Waals surface area contributed by atoms with Crippen molar-refractivity contribution in [2.24, 2.45) is 15.9 Å². The minimum Gasteiger partial charge on any atom is -0.497 e. The van der Waals surface area contributed by atoms with Gasteiger partial charge in [-0.05, 0) is 71.0 Å². The van der Waals surface area contributed by atoms with E-state index in [1.807, 2.05) is 30.5 Å². The Labute approximate surface area is 566 Å². The van der Waals surface area contributed by atoms with Crippen molar-refractivity contribution in [1.29, 1.82) is 0 Å². The first-order valence-electron chi connectivity index (χ1n) is 32.2. The molecule has 5 aliphatic heterocycles. The van der Waals surface area contributed by atoms with E-state index in [2.05, 4.69) is 21.3 Å². The fourth-order valence-corrected chi connectivity index (χ4v) is 11.1. The third-order valence-corrected chi connectivity index (χ3v) is 16.4. The number of nitrogens with one attached hydrogen (secondary N) is 4. The molecule has 8 amide bonds. The van der Waals surface area contributed by atoms with Crippen molar-refractivity contribution in [3.8, 4) is 28.7 Å². The molecule has 5 heterocycles. The molecule has 4 aromatic carbocycles. The van der Waals surface area contributed by atoms with Crippen LogP contribution in [0.3, 0.4) is 0 Å². The van der Waals surface area contributed by atoms with Crippen LogP contribution in [0.5, 0.6) is 28.7 Å². The first-order valence-corrected chi connectivity index (χ1v) is 32.2. The Hall–Kier alpha value is -10.3. The van der Waals surface area contributed by atoms with Crippen LogP contribution in [0.25, 0.3) is 11.1 Å². The molecule has 98 heavy (non-hydrogen) atoms. The Morgan fingerprint density at radius 1 is 0.571 bits per heavy atom. The number of aliphatic imine (C=N–C) groups is 2. The molecule has 0 aliphatic carbocycles. The molecule has 520 valence electrons. The molecule has 4 aromatic rings. The van der Waals surface area contributed by atoms with E-state index in [9.17, 15) is 48.3 Å². The van der Waals surface area contributed by atoms with Crippen LogP contribution in [0.2, 0.25) is 0 Å². The predicted molar refractivity (Wildman–Crippen MR) is 358 cm³/mol. The van der Waals surface area contributed by atoms with E-state index >= 15 is 0 Å². The first kappa shape index (κ1) is 72.0. The largest absolute Gasteiger partial charge is 0.497 e. The quantitative estimate of drug-likeness (QED) is 0.0261. The minimum absolute atomic E-state index is 0.00523. The van der Waals surface area contributed by atoms with Crippen LogP contribution in [0.4, 0.5) is 17.1 Å².